The molecule has 9 nitrogen and oxygen atoms in total. The van der Waals surface area contributed by atoms with Crippen molar-refractivity contribution in [2.75, 3.05) is 0 Å². The lowest BCUT2D eigenvalue weighted by Crippen LogP contribution is -2.32. The molecular formula is C49H50N4O5. The molecule has 2 unspecified atom stereocenters. The highest BCUT2D eigenvalue weighted by atomic mass is 16.5. The molecule has 8 aromatic rings. The first-order chi connectivity index (χ1) is 27.2. The second-order valence-electron chi connectivity index (χ2n) is 13.7. The van der Waals surface area contributed by atoms with E-state index in [-0.39, 0.29) is 33.1 Å². The predicted octanol–water partition coefficient (Wildman–Crippen LogP) is 11.1. The molecule has 2 atom stereocenters. The van der Waals surface area contributed by atoms with E-state index in [4.69, 9.17) is 26.0 Å². The number of nitrogens with one attached hydrogen (secondary N) is 2. The summed E-state index contributed by atoms with van der Waals surface area (Å²) in [6.07, 6.45) is 4.70. The van der Waals surface area contributed by atoms with Gasteiger partial charge in [0.05, 0.1) is 0 Å². The van der Waals surface area contributed by atoms with Crippen LogP contribution in [0.4, 0.5) is 0 Å². The topological polar surface area (TPSA) is 156 Å². The number of carbonyl (C=O) groups excluding carboxylic acids is 1. The zero-order valence-corrected chi connectivity index (χ0v) is 30.8. The van der Waals surface area contributed by atoms with Crippen molar-refractivity contribution in [1.82, 2.24) is 9.97 Å². The van der Waals surface area contributed by atoms with Gasteiger partial charge in [-0.2, -0.15) is 0 Å². The number of hydrogen-bond donors (Lipinski definition) is 5. The fourth-order valence-electron chi connectivity index (χ4n) is 6.49. The van der Waals surface area contributed by atoms with E-state index in [0.717, 1.165) is 78.2 Å². The van der Waals surface area contributed by atoms with Gasteiger partial charge in [0.2, 0.25) is 5.91 Å². The molecule has 0 radical (unpaired) electrons. The van der Waals surface area contributed by atoms with E-state index in [1.54, 1.807) is 0 Å². The van der Waals surface area contributed by atoms with Gasteiger partial charge in [0.1, 0.15) is 29.0 Å². The number of H-pyrrole nitrogens is 2. The minimum absolute atomic E-state index is 0. The fraction of sp³-hybridized carbons (Fsp3) is 0.143. The first kappa shape index (κ1) is 42.1. The molecule has 0 saturated carbocycles. The fourth-order valence-corrected chi connectivity index (χ4v) is 6.49. The molecule has 0 spiro atoms. The van der Waals surface area contributed by atoms with Crippen LogP contribution in [0.2, 0.25) is 0 Å². The average Bonchev–Trinajstić information content (AvgIpc) is 3.82. The first-order valence-corrected chi connectivity index (χ1v) is 18.3. The van der Waals surface area contributed by atoms with E-state index in [9.17, 15) is 9.59 Å². The van der Waals surface area contributed by atoms with E-state index < -0.39 is 12.0 Å². The lowest BCUT2D eigenvalue weighted by Gasteiger charge is -2.08. The number of aromatic amines is 2. The normalized spacial score (nSPS) is 11.6. The van der Waals surface area contributed by atoms with Crippen LogP contribution in [0.5, 0.6) is 23.0 Å². The Hall–Kier alpha value is -7.10. The number of ether oxygens (including phenoxy) is 2. The Labute approximate surface area is 339 Å². The summed E-state index contributed by atoms with van der Waals surface area (Å²) in [5.41, 5.74) is 19.5. The average molecular weight is 775 g/mol. The van der Waals surface area contributed by atoms with Crippen molar-refractivity contribution in [3.05, 3.63) is 169 Å². The van der Waals surface area contributed by atoms with Gasteiger partial charge in [0, 0.05) is 46.5 Å². The number of aromatic nitrogens is 2. The van der Waals surface area contributed by atoms with Crippen LogP contribution in [0, 0.1) is 5.92 Å². The van der Waals surface area contributed by atoms with Crippen molar-refractivity contribution in [2.24, 2.45) is 17.4 Å². The Morgan fingerprint density at radius 2 is 0.948 bits per heavy atom. The minimum Gasteiger partial charge on any atom is -0.480 e. The second kappa shape index (κ2) is 19.2. The van der Waals surface area contributed by atoms with Crippen LogP contribution in [-0.2, 0) is 22.4 Å². The molecule has 8 rings (SSSR count). The van der Waals surface area contributed by atoms with Gasteiger partial charge in [0.25, 0.3) is 0 Å². The van der Waals surface area contributed by atoms with E-state index in [0.29, 0.717) is 6.42 Å². The van der Waals surface area contributed by atoms with Crippen molar-refractivity contribution in [2.45, 2.75) is 40.7 Å². The van der Waals surface area contributed by atoms with Crippen LogP contribution < -0.4 is 20.9 Å². The van der Waals surface area contributed by atoms with Gasteiger partial charge in [-0.15, -0.1) is 0 Å². The number of rotatable bonds is 12. The van der Waals surface area contributed by atoms with E-state index in [1.807, 2.05) is 129 Å². The number of carbonyl (C=O) groups is 2. The summed E-state index contributed by atoms with van der Waals surface area (Å²) in [5, 5.41) is 11.2. The number of carboxylic acid groups (broad SMARTS) is 1. The van der Waals surface area contributed by atoms with Crippen LogP contribution in [-0.4, -0.2) is 33.0 Å². The van der Waals surface area contributed by atoms with Gasteiger partial charge < -0.3 is 36.0 Å². The van der Waals surface area contributed by atoms with Crippen LogP contribution in [0.25, 0.3) is 44.1 Å². The molecule has 0 fully saturated rings. The van der Waals surface area contributed by atoms with Crippen LogP contribution in [0.3, 0.4) is 0 Å². The number of primary amides is 1. The van der Waals surface area contributed by atoms with Crippen molar-refractivity contribution in [1.29, 1.82) is 0 Å². The Kier molecular flexibility index (Phi) is 13.9. The third-order valence-electron chi connectivity index (χ3n) is 9.64. The number of fused-ring (bicyclic) bond motifs is 2. The van der Waals surface area contributed by atoms with Crippen molar-refractivity contribution in [3.63, 3.8) is 0 Å². The maximum Gasteiger partial charge on any atom is 0.320 e. The molecule has 296 valence electrons. The lowest BCUT2D eigenvalue weighted by molar-refractivity contribution is -0.138. The van der Waals surface area contributed by atoms with Gasteiger partial charge in [-0.1, -0.05) is 94.6 Å². The molecule has 0 aliphatic rings. The van der Waals surface area contributed by atoms with Crippen molar-refractivity contribution >= 4 is 33.7 Å². The third kappa shape index (κ3) is 10.2. The molecule has 0 aliphatic carbocycles. The van der Waals surface area contributed by atoms with E-state index in [2.05, 4.69) is 46.4 Å². The highest BCUT2D eigenvalue weighted by molar-refractivity contribution is 5.90. The number of benzene rings is 6. The summed E-state index contributed by atoms with van der Waals surface area (Å²) in [4.78, 5) is 28.9. The standard InChI is InChI=1S/C24H22N2O2.C23H20N2O3.2CH4/c1-16(24(25)27)13-19-15-26-23-12-9-18(14-22(19)23)17-7-10-21(11-8-17)28-20-5-3-2-4-6-20;24-21(23(26)27)13-17-14-25-22-11-8-16(12-20(17)22)15-6-9-19(10-7-15)28-18-4-2-1-3-5-18;;/h2-12,14-16,26H,13H2,1H3,(H2,25,27);1-12,14,21,25H,13,24H2,(H,26,27);2*1H4. The third-order valence-corrected chi connectivity index (χ3v) is 9.64. The quantitative estimate of drug-likeness (QED) is 0.0832. The second-order valence-corrected chi connectivity index (χ2v) is 13.7. The summed E-state index contributed by atoms with van der Waals surface area (Å²) in [6.45, 7) is 1.86. The Balaban J connectivity index is 0.000000214. The van der Waals surface area contributed by atoms with Crippen LogP contribution in [0.1, 0.15) is 32.9 Å². The summed E-state index contributed by atoms with van der Waals surface area (Å²) < 4.78 is 11.7. The summed E-state index contributed by atoms with van der Waals surface area (Å²) in [5.74, 6) is 1.70. The number of hydrogen-bond acceptors (Lipinski definition) is 5. The van der Waals surface area contributed by atoms with Crippen molar-refractivity contribution in [3.8, 4) is 45.3 Å². The van der Waals surface area contributed by atoms with Crippen molar-refractivity contribution < 1.29 is 24.2 Å². The maximum absolute atomic E-state index is 11.4. The molecule has 2 heterocycles. The number of carboxylic acids is 1. The summed E-state index contributed by atoms with van der Waals surface area (Å²) in [7, 11) is 0. The summed E-state index contributed by atoms with van der Waals surface area (Å²) >= 11 is 0. The number of para-hydroxylation sites is 2. The molecule has 0 saturated heterocycles. The SMILES string of the molecule is C.C.CC(Cc1c[nH]c2ccc(-c3ccc(Oc4ccccc4)cc3)cc12)C(N)=O.NC(Cc1c[nH]c2ccc(-c3ccc(Oc4ccccc4)cc3)cc12)C(=O)O. The number of amides is 1. The Morgan fingerprint density at radius 1 is 0.569 bits per heavy atom. The molecule has 0 aliphatic heterocycles. The molecule has 2 aromatic heterocycles. The molecule has 7 N–H and O–H groups in total. The molecular weight excluding hydrogens is 725 g/mol. The number of aliphatic carboxylic acids is 1. The van der Waals surface area contributed by atoms with Crippen LogP contribution in [0.15, 0.2) is 158 Å². The molecule has 9 heteroatoms. The first-order valence-electron chi connectivity index (χ1n) is 18.3. The summed E-state index contributed by atoms with van der Waals surface area (Å²) in [6, 6.07) is 46.8. The van der Waals surface area contributed by atoms with Gasteiger partial charge in [-0.25, -0.2) is 0 Å². The van der Waals surface area contributed by atoms with Crippen LogP contribution >= 0.6 is 0 Å². The molecule has 0 bridgehead atoms. The van der Waals surface area contributed by atoms with Gasteiger partial charge in [0.15, 0.2) is 0 Å². The zero-order valence-electron chi connectivity index (χ0n) is 30.8. The Morgan fingerprint density at radius 3 is 1.34 bits per heavy atom. The van der Waals surface area contributed by atoms with E-state index >= 15 is 0 Å². The molecule has 58 heavy (non-hydrogen) atoms. The highest BCUT2D eigenvalue weighted by Gasteiger charge is 2.16. The maximum atomic E-state index is 11.4. The minimum atomic E-state index is -1.00. The van der Waals surface area contributed by atoms with Gasteiger partial charge >= 0.3 is 5.97 Å². The Bertz CT molecular complexity index is 2380. The molecule has 1 amide bonds. The smallest absolute Gasteiger partial charge is 0.320 e. The predicted molar refractivity (Wildman–Crippen MR) is 235 cm³/mol. The lowest BCUT2D eigenvalue weighted by atomic mass is 9.97. The molecule has 6 aromatic carbocycles. The van der Waals surface area contributed by atoms with Gasteiger partial charge in [-0.3, -0.25) is 9.59 Å². The monoisotopic (exact) mass is 774 g/mol. The zero-order chi connectivity index (χ0) is 39.0. The van der Waals surface area contributed by atoms with E-state index in [1.165, 1.54) is 0 Å². The van der Waals surface area contributed by atoms with Gasteiger partial charge in [-0.05, 0) is 113 Å². The number of nitrogens with two attached hydrogens (primary N) is 2. The highest BCUT2D eigenvalue weighted by Crippen LogP contribution is 2.31. The largest absolute Gasteiger partial charge is 0.480 e.